The van der Waals surface area contributed by atoms with Crippen LogP contribution in [0.1, 0.15) is 25.7 Å². The first-order chi connectivity index (χ1) is 6.28. The Kier molecular flexibility index (Phi) is 1.48. The van der Waals surface area contributed by atoms with E-state index in [0.29, 0.717) is 12.3 Å². The Morgan fingerprint density at radius 1 is 1.38 bits per heavy atom. The minimum atomic E-state index is -0.0619. The van der Waals surface area contributed by atoms with E-state index in [-0.39, 0.29) is 11.6 Å². The van der Waals surface area contributed by atoms with Crippen molar-refractivity contribution in [2.45, 2.75) is 31.3 Å². The summed E-state index contributed by atoms with van der Waals surface area (Å²) in [4.78, 5) is 13.6. The van der Waals surface area contributed by atoms with Crippen LogP contribution in [0.2, 0.25) is 0 Å². The number of esters is 1. The van der Waals surface area contributed by atoms with Crippen molar-refractivity contribution in [2.75, 3.05) is 19.6 Å². The Morgan fingerprint density at radius 2 is 2.15 bits per heavy atom. The molecule has 1 atom stereocenters. The highest BCUT2D eigenvalue weighted by Gasteiger charge is 2.52. The average molecular weight is 181 g/mol. The van der Waals surface area contributed by atoms with Crippen LogP contribution in [0.15, 0.2) is 0 Å². The van der Waals surface area contributed by atoms with E-state index in [1.807, 2.05) is 0 Å². The van der Waals surface area contributed by atoms with Gasteiger partial charge in [-0.1, -0.05) is 0 Å². The first-order valence-electron chi connectivity index (χ1n) is 5.23. The Bertz CT molecular complexity index is 245. The molecule has 0 aromatic carbocycles. The maximum absolute atomic E-state index is 11.2. The molecule has 3 heteroatoms. The molecule has 13 heavy (non-hydrogen) atoms. The molecule has 0 radical (unpaired) electrons. The van der Waals surface area contributed by atoms with Gasteiger partial charge in [0, 0.05) is 18.9 Å². The molecule has 0 saturated carbocycles. The van der Waals surface area contributed by atoms with Gasteiger partial charge < -0.3 is 4.74 Å². The number of hydrogen-bond donors (Lipinski definition) is 0. The molecule has 4 fully saturated rings. The lowest BCUT2D eigenvalue weighted by molar-refractivity contribution is -0.166. The molecule has 4 saturated heterocycles. The second-order valence-corrected chi connectivity index (χ2v) is 4.59. The van der Waals surface area contributed by atoms with Crippen LogP contribution in [-0.2, 0) is 9.53 Å². The molecule has 3 nitrogen and oxygen atoms in total. The smallest absolute Gasteiger partial charge is 0.306 e. The number of fused-ring (bicyclic) bond motifs is 2. The number of nitrogens with zero attached hydrogens (tertiary/aromatic N) is 1. The van der Waals surface area contributed by atoms with E-state index in [2.05, 4.69) is 4.90 Å². The summed E-state index contributed by atoms with van der Waals surface area (Å²) in [5.74, 6) is 0.678. The van der Waals surface area contributed by atoms with Crippen molar-refractivity contribution in [3.63, 3.8) is 0 Å². The van der Waals surface area contributed by atoms with Gasteiger partial charge in [0.2, 0.25) is 0 Å². The standard InChI is InChI=1S/C10H15NO2/c12-9-1-4-10(13-9)7-11-5-2-8(10)3-6-11/h8H,1-7H2/t10-/m1/s1. The summed E-state index contributed by atoms with van der Waals surface area (Å²) in [7, 11) is 0. The van der Waals surface area contributed by atoms with Crippen molar-refractivity contribution < 1.29 is 9.53 Å². The van der Waals surface area contributed by atoms with Gasteiger partial charge in [-0.25, -0.2) is 0 Å². The van der Waals surface area contributed by atoms with Gasteiger partial charge in [-0.05, 0) is 32.4 Å². The lowest BCUT2D eigenvalue weighted by Crippen LogP contribution is -2.58. The van der Waals surface area contributed by atoms with Crippen molar-refractivity contribution in [3.8, 4) is 0 Å². The molecule has 1 spiro atoms. The van der Waals surface area contributed by atoms with Gasteiger partial charge in [-0.2, -0.15) is 0 Å². The number of hydrogen-bond acceptors (Lipinski definition) is 3. The van der Waals surface area contributed by atoms with E-state index in [4.69, 9.17) is 4.74 Å². The molecule has 2 bridgehead atoms. The molecule has 72 valence electrons. The molecule has 4 rings (SSSR count). The fourth-order valence-electron chi connectivity index (χ4n) is 3.17. The Morgan fingerprint density at radius 3 is 2.62 bits per heavy atom. The van der Waals surface area contributed by atoms with E-state index < -0.39 is 0 Å². The van der Waals surface area contributed by atoms with Gasteiger partial charge in [0.15, 0.2) is 0 Å². The number of rotatable bonds is 0. The van der Waals surface area contributed by atoms with Crippen LogP contribution < -0.4 is 0 Å². The fourth-order valence-corrected chi connectivity index (χ4v) is 3.17. The van der Waals surface area contributed by atoms with Gasteiger partial charge in [0.1, 0.15) is 5.60 Å². The van der Waals surface area contributed by atoms with Crippen molar-refractivity contribution in [1.82, 2.24) is 4.90 Å². The lowest BCUT2D eigenvalue weighted by Gasteiger charge is -2.50. The zero-order valence-corrected chi connectivity index (χ0v) is 7.79. The van der Waals surface area contributed by atoms with Crippen LogP contribution in [-0.4, -0.2) is 36.1 Å². The molecule has 4 aliphatic heterocycles. The van der Waals surface area contributed by atoms with Crippen molar-refractivity contribution in [2.24, 2.45) is 5.92 Å². The summed E-state index contributed by atoms with van der Waals surface area (Å²) >= 11 is 0. The van der Waals surface area contributed by atoms with Gasteiger partial charge in [0.05, 0.1) is 0 Å². The number of carbonyl (C=O) groups is 1. The SMILES string of the molecule is O=C1CC[C@]2(CN3CCC2CC3)O1. The fraction of sp³-hybridized carbons (Fsp3) is 0.900. The van der Waals surface area contributed by atoms with Gasteiger partial charge in [-0.15, -0.1) is 0 Å². The van der Waals surface area contributed by atoms with Crippen LogP contribution >= 0.6 is 0 Å². The number of piperidine rings is 3. The minimum Gasteiger partial charge on any atom is -0.457 e. The molecule has 0 N–H and O–H groups in total. The van der Waals surface area contributed by atoms with Crippen LogP contribution in [0, 0.1) is 5.92 Å². The normalized spacial score (nSPS) is 48.5. The number of ether oxygens (including phenoxy) is 1. The monoisotopic (exact) mass is 181 g/mol. The van der Waals surface area contributed by atoms with Crippen molar-refractivity contribution in [1.29, 1.82) is 0 Å². The maximum atomic E-state index is 11.2. The second kappa shape index (κ2) is 2.47. The van der Waals surface area contributed by atoms with Gasteiger partial charge >= 0.3 is 5.97 Å². The molecule has 4 heterocycles. The Balaban J connectivity index is 1.87. The van der Waals surface area contributed by atoms with E-state index in [0.717, 1.165) is 13.0 Å². The summed E-state index contributed by atoms with van der Waals surface area (Å²) in [5, 5.41) is 0. The topological polar surface area (TPSA) is 29.5 Å². The number of carbonyl (C=O) groups excluding carboxylic acids is 1. The summed E-state index contributed by atoms with van der Waals surface area (Å²) < 4.78 is 5.54. The van der Waals surface area contributed by atoms with Crippen molar-refractivity contribution >= 4 is 5.97 Å². The van der Waals surface area contributed by atoms with Crippen LogP contribution in [0.5, 0.6) is 0 Å². The lowest BCUT2D eigenvalue weighted by atomic mass is 9.74. The Labute approximate surface area is 78.0 Å². The maximum Gasteiger partial charge on any atom is 0.306 e. The van der Waals surface area contributed by atoms with Gasteiger partial charge in [-0.3, -0.25) is 9.69 Å². The highest BCUT2D eigenvalue weighted by molar-refractivity contribution is 5.72. The molecule has 0 aromatic rings. The predicted octanol–water partition coefficient (Wildman–Crippen LogP) is 0.788. The predicted molar refractivity (Wildman–Crippen MR) is 47.2 cm³/mol. The van der Waals surface area contributed by atoms with Crippen LogP contribution in [0.4, 0.5) is 0 Å². The van der Waals surface area contributed by atoms with E-state index >= 15 is 0 Å². The summed E-state index contributed by atoms with van der Waals surface area (Å²) in [6, 6.07) is 0. The molecule has 0 aromatic heterocycles. The molecule has 0 amide bonds. The highest BCUT2D eigenvalue weighted by atomic mass is 16.6. The van der Waals surface area contributed by atoms with Crippen LogP contribution in [0.3, 0.4) is 0 Å². The molecule has 0 aliphatic carbocycles. The zero-order chi connectivity index (χ0) is 8.89. The molecular formula is C10H15NO2. The minimum absolute atomic E-state index is 0.0220. The average Bonchev–Trinajstić information content (AvgIpc) is 2.49. The summed E-state index contributed by atoms with van der Waals surface area (Å²) in [6.45, 7) is 3.43. The second-order valence-electron chi connectivity index (χ2n) is 4.59. The quantitative estimate of drug-likeness (QED) is 0.517. The third kappa shape index (κ3) is 1.03. The summed E-state index contributed by atoms with van der Waals surface area (Å²) in [6.07, 6.45) is 4.07. The molecule has 4 aliphatic rings. The van der Waals surface area contributed by atoms with E-state index in [1.165, 1.54) is 25.9 Å². The van der Waals surface area contributed by atoms with Crippen LogP contribution in [0.25, 0.3) is 0 Å². The third-order valence-electron chi connectivity index (χ3n) is 3.89. The molecule has 0 unspecified atom stereocenters. The molecular weight excluding hydrogens is 166 g/mol. The Hall–Kier alpha value is -0.570. The summed E-state index contributed by atoms with van der Waals surface area (Å²) in [5.41, 5.74) is -0.0619. The van der Waals surface area contributed by atoms with E-state index in [9.17, 15) is 4.79 Å². The largest absolute Gasteiger partial charge is 0.457 e. The third-order valence-corrected chi connectivity index (χ3v) is 3.89. The first-order valence-corrected chi connectivity index (χ1v) is 5.23. The van der Waals surface area contributed by atoms with Gasteiger partial charge in [0.25, 0.3) is 0 Å². The first kappa shape index (κ1) is 7.80. The van der Waals surface area contributed by atoms with E-state index in [1.54, 1.807) is 0 Å². The highest BCUT2D eigenvalue weighted by Crippen LogP contribution is 2.44. The zero-order valence-electron chi connectivity index (χ0n) is 7.79. The van der Waals surface area contributed by atoms with Crippen molar-refractivity contribution in [3.05, 3.63) is 0 Å².